The number of carboxylic acids is 1. The predicted octanol–water partition coefficient (Wildman–Crippen LogP) is 5.00. The van der Waals surface area contributed by atoms with Crippen LogP contribution in [0.25, 0.3) is 21.9 Å². The maximum Gasteiger partial charge on any atom is 0.336 e. The zero-order valence-electron chi connectivity index (χ0n) is 10.8. The zero-order chi connectivity index (χ0) is 15.0. The fraction of sp³-hybridized carbons (Fsp3) is 0. The molecule has 0 aliphatic heterocycles. The summed E-state index contributed by atoms with van der Waals surface area (Å²) in [4.78, 5) is 11.5. The largest absolute Gasteiger partial charge is 0.478 e. The van der Waals surface area contributed by atoms with Crippen LogP contribution in [-0.2, 0) is 0 Å². The van der Waals surface area contributed by atoms with Gasteiger partial charge in [0.25, 0.3) is 0 Å². The Bertz CT molecular complexity index is 859. The Hall–Kier alpha value is -2.39. The van der Waals surface area contributed by atoms with Gasteiger partial charge in [0.05, 0.1) is 5.56 Å². The van der Waals surface area contributed by atoms with E-state index in [0.717, 1.165) is 5.39 Å². The number of aromatic carboxylic acids is 1. The lowest BCUT2D eigenvalue weighted by Crippen LogP contribution is -1.98. The van der Waals surface area contributed by atoms with Crippen LogP contribution in [0, 0.1) is 5.82 Å². The summed E-state index contributed by atoms with van der Waals surface area (Å²) in [7, 11) is 0. The highest BCUT2D eigenvalue weighted by Crippen LogP contribution is 2.30. The summed E-state index contributed by atoms with van der Waals surface area (Å²) in [6, 6.07) is 14.5. The minimum Gasteiger partial charge on any atom is -0.478 e. The van der Waals surface area contributed by atoms with Gasteiger partial charge in [0.1, 0.15) is 5.82 Å². The van der Waals surface area contributed by atoms with Gasteiger partial charge in [0, 0.05) is 5.02 Å². The molecule has 3 rings (SSSR count). The normalized spacial score (nSPS) is 10.8. The first kappa shape index (κ1) is 13.6. The molecule has 104 valence electrons. The van der Waals surface area contributed by atoms with E-state index in [-0.39, 0.29) is 11.4 Å². The van der Waals surface area contributed by atoms with Gasteiger partial charge >= 0.3 is 5.97 Å². The van der Waals surface area contributed by atoms with E-state index in [2.05, 4.69) is 0 Å². The van der Waals surface area contributed by atoms with Crippen molar-refractivity contribution in [3.63, 3.8) is 0 Å². The molecule has 0 radical (unpaired) electrons. The number of benzene rings is 3. The van der Waals surface area contributed by atoms with Gasteiger partial charge in [-0.3, -0.25) is 0 Å². The molecule has 0 aliphatic rings. The van der Waals surface area contributed by atoms with Crippen molar-refractivity contribution in [3.05, 3.63) is 71.0 Å². The van der Waals surface area contributed by atoms with Crippen LogP contribution < -0.4 is 0 Å². The quantitative estimate of drug-likeness (QED) is 0.723. The number of rotatable bonds is 2. The SMILES string of the molecule is O=C(O)c1cc(-c2cccc(F)c2)cc2ccc(Cl)cc12. The van der Waals surface area contributed by atoms with Crippen LogP contribution >= 0.6 is 11.6 Å². The van der Waals surface area contributed by atoms with E-state index in [1.54, 1.807) is 30.3 Å². The third-order valence-corrected chi connectivity index (χ3v) is 3.54. The number of halogens is 2. The van der Waals surface area contributed by atoms with E-state index < -0.39 is 5.97 Å². The Labute approximate surface area is 125 Å². The first-order chi connectivity index (χ1) is 10.0. The fourth-order valence-electron chi connectivity index (χ4n) is 2.34. The maximum absolute atomic E-state index is 13.3. The van der Waals surface area contributed by atoms with Crippen molar-refractivity contribution in [2.75, 3.05) is 0 Å². The van der Waals surface area contributed by atoms with E-state index in [1.165, 1.54) is 18.2 Å². The number of hydrogen-bond acceptors (Lipinski definition) is 1. The van der Waals surface area contributed by atoms with Crippen molar-refractivity contribution in [2.45, 2.75) is 0 Å². The summed E-state index contributed by atoms with van der Waals surface area (Å²) in [5, 5.41) is 11.2. The molecule has 0 aliphatic carbocycles. The molecule has 0 aromatic heterocycles. The molecular weight excluding hydrogens is 291 g/mol. The molecule has 1 N–H and O–H groups in total. The van der Waals surface area contributed by atoms with Gasteiger partial charge in [0.2, 0.25) is 0 Å². The Morgan fingerprint density at radius 2 is 1.81 bits per heavy atom. The summed E-state index contributed by atoms with van der Waals surface area (Å²) < 4.78 is 13.3. The van der Waals surface area contributed by atoms with Crippen molar-refractivity contribution >= 4 is 28.3 Å². The highest BCUT2D eigenvalue weighted by atomic mass is 35.5. The first-order valence-electron chi connectivity index (χ1n) is 6.27. The number of fused-ring (bicyclic) bond motifs is 1. The lowest BCUT2D eigenvalue weighted by atomic mass is 9.97. The molecule has 0 unspecified atom stereocenters. The third-order valence-electron chi connectivity index (χ3n) is 3.30. The Morgan fingerprint density at radius 1 is 1.00 bits per heavy atom. The van der Waals surface area contributed by atoms with E-state index in [4.69, 9.17) is 11.6 Å². The van der Waals surface area contributed by atoms with Crippen LogP contribution in [0.2, 0.25) is 5.02 Å². The van der Waals surface area contributed by atoms with E-state index >= 15 is 0 Å². The lowest BCUT2D eigenvalue weighted by molar-refractivity contribution is 0.0699. The first-order valence-corrected chi connectivity index (χ1v) is 6.65. The van der Waals surface area contributed by atoms with Gasteiger partial charge in [-0.05, 0) is 58.3 Å². The highest BCUT2D eigenvalue weighted by Gasteiger charge is 2.12. The van der Waals surface area contributed by atoms with Crippen molar-refractivity contribution in [2.24, 2.45) is 0 Å². The van der Waals surface area contributed by atoms with Crippen molar-refractivity contribution in [1.82, 2.24) is 0 Å². The molecule has 0 heterocycles. The number of hydrogen-bond donors (Lipinski definition) is 1. The van der Waals surface area contributed by atoms with Crippen LogP contribution in [0.4, 0.5) is 4.39 Å². The van der Waals surface area contributed by atoms with Crippen LogP contribution in [0.3, 0.4) is 0 Å². The van der Waals surface area contributed by atoms with E-state index in [9.17, 15) is 14.3 Å². The molecule has 0 saturated carbocycles. The minimum absolute atomic E-state index is 0.147. The standard InChI is InChI=1S/C17H10ClFO2/c18-13-5-4-11-6-12(10-2-1-3-14(19)7-10)8-16(17(20)21)15(11)9-13/h1-9H,(H,20,21). The molecule has 0 atom stereocenters. The molecule has 2 nitrogen and oxygen atoms in total. The molecule has 3 aromatic rings. The lowest BCUT2D eigenvalue weighted by Gasteiger charge is -2.08. The summed E-state index contributed by atoms with van der Waals surface area (Å²) in [6.45, 7) is 0. The smallest absolute Gasteiger partial charge is 0.336 e. The molecular formula is C17H10ClFO2. The molecule has 0 spiro atoms. The second-order valence-corrected chi connectivity index (χ2v) is 5.14. The van der Waals surface area contributed by atoms with E-state index in [1.807, 2.05) is 6.07 Å². The van der Waals surface area contributed by atoms with Crippen LogP contribution in [0.1, 0.15) is 10.4 Å². The second kappa shape index (κ2) is 5.19. The zero-order valence-corrected chi connectivity index (χ0v) is 11.6. The van der Waals surface area contributed by atoms with Gasteiger partial charge in [-0.2, -0.15) is 0 Å². The average Bonchev–Trinajstić information content (AvgIpc) is 2.46. The summed E-state index contributed by atoms with van der Waals surface area (Å²) in [5.74, 6) is -1.40. The second-order valence-electron chi connectivity index (χ2n) is 4.70. The fourth-order valence-corrected chi connectivity index (χ4v) is 2.51. The average molecular weight is 301 g/mol. The van der Waals surface area contributed by atoms with Crippen molar-refractivity contribution in [1.29, 1.82) is 0 Å². The molecule has 21 heavy (non-hydrogen) atoms. The molecule has 4 heteroatoms. The van der Waals surface area contributed by atoms with Gasteiger partial charge < -0.3 is 5.11 Å². The topological polar surface area (TPSA) is 37.3 Å². The van der Waals surface area contributed by atoms with E-state index in [0.29, 0.717) is 21.5 Å². The van der Waals surface area contributed by atoms with Gasteiger partial charge in [-0.1, -0.05) is 29.8 Å². The van der Waals surface area contributed by atoms with Crippen molar-refractivity contribution < 1.29 is 14.3 Å². The summed E-state index contributed by atoms with van der Waals surface area (Å²) >= 11 is 5.93. The molecule has 0 saturated heterocycles. The van der Waals surface area contributed by atoms with Gasteiger partial charge in [0.15, 0.2) is 0 Å². The highest BCUT2D eigenvalue weighted by molar-refractivity contribution is 6.31. The van der Waals surface area contributed by atoms with Gasteiger partial charge in [-0.25, -0.2) is 9.18 Å². The predicted molar refractivity (Wildman–Crippen MR) is 81.3 cm³/mol. The Balaban J connectivity index is 2.31. The molecule has 0 fully saturated rings. The summed E-state index contributed by atoms with van der Waals surface area (Å²) in [6.07, 6.45) is 0. The Morgan fingerprint density at radius 3 is 2.52 bits per heavy atom. The molecule has 0 bridgehead atoms. The molecule has 3 aromatic carbocycles. The maximum atomic E-state index is 13.3. The van der Waals surface area contributed by atoms with Crippen molar-refractivity contribution in [3.8, 4) is 11.1 Å². The van der Waals surface area contributed by atoms with Crippen LogP contribution in [0.15, 0.2) is 54.6 Å². The molecule has 0 amide bonds. The minimum atomic E-state index is -1.04. The third kappa shape index (κ3) is 2.60. The summed E-state index contributed by atoms with van der Waals surface area (Å²) in [5.41, 5.74) is 1.44. The van der Waals surface area contributed by atoms with Gasteiger partial charge in [-0.15, -0.1) is 0 Å². The monoisotopic (exact) mass is 300 g/mol. The number of carboxylic acid groups (broad SMARTS) is 1. The van der Waals surface area contributed by atoms with Crippen LogP contribution in [0.5, 0.6) is 0 Å². The van der Waals surface area contributed by atoms with Crippen LogP contribution in [-0.4, -0.2) is 11.1 Å². The number of carbonyl (C=O) groups is 1. The Kier molecular flexibility index (Phi) is 3.35.